The normalized spacial score (nSPS) is 10.5. The predicted molar refractivity (Wildman–Crippen MR) is 95.3 cm³/mol. The van der Waals surface area contributed by atoms with Gasteiger partial charge in [-0.25, -0.2) is 0 Å². The molecule has 0 N–H and O–H groups in total. The fraction of sp³-hybridized carbons (Fsp3) is 0.381. The molecular weight excluding hydrogens is 284 g/mol. The Balaban J connectivity index is 1.84. The van der Waals surface area contributed by atoms with E-state index in [1.54, 1.807) is 0 Å². The molecule has 2 nitrogen and oxygen atoms in total. The molecular formula is C21H26O2. The van der Waals surface area contributed by atoms with Crippen molar-refractivity contribution in [2.75, 3.05) is 6.61 Å². The molecule has 0 atom stereocenters. The van der Waals surface area contributed by atoms with Crippen LogP contribution in [-0.2, 0) is 0 Å². The van der Waals surface area contributed by atoms with E-state index in [4.69, 9.17) is 4.74 Å². The van der Waals surface area contributed by atoms with Crippen LogP contribution in [0.15, 0.2) is 48.5 Å². The maximum absolute atomic E-state index is 12.4. The van der Waals surface area contributed by atoms with Crippen molar-refractivity contribution >= 4 is 5.78 Å². The average Bonchev–Trinajstić information content (AvgIpc) is 2.58. The van der Waals surface area contributed by atoms with Crippen molar-refractivity contribution in [3.05, 3.63) is 65.2 Å². The molecule has 122 valence electrons. The minimum absolute atomic E-state index is 0.0520. The average molecular weight is 310 g/mol. The summed E-state index contributed by atoms with van der Waals surface area (Å²) in [5.74, 6) is 0.886. The summed E-state index contributed by atoms with van der Waals surface area (Å²) in [7, 11) is 0. The summed E-state index contributed by atoms with van der Waals surface area (Å²) >= 11 is 0. The van der Waals surface area contributed by atoms with Crippen molar-refractivity contribution in [1.29, 1.82) is 0 Å². The van der Waals surface area contributed by atoms with Gasteiger partial charge in [-0.3, -0.25) is 4.79 Å². The molecule has 0 saturated carbocycles. The van der Waals surface area contributed by atoms with Crippen LogP contribution < -0.4 is 4.74 Å². The summed E-state index contributed by atoms with van der Waals surface area (Å²) in [5.41, 5.74) is 2.58. The quantitative estimate of drug-likeness (QED) is 0.447. The highest BCUT2D eigenvalue weighted by Gasteiger charge is 2.08. The van der Waals surface area contributed by atoms with Crippen LogP contribution in [0.25, 0.3) is 0 Å². The van der Waals surface area contributed by atoms with E-state index in [1.807, 2.05) is 55.5 Å². The van der Waals surface area contributed by atoms with E-state index >= 15 is 0 Å². The predicted octanol–water partition coefficient (Wildman–Crippen LogP) is 5.58. The molecule has 0 aliphatic heterocycles. The van der Waals surface area contributed by atoms with Crippen LogP contribution in [-0.4, -0.2) is 12.4 Å². The van der Waals surface area contributed by atoms with Gasteiger partial charge in [0.1, 0.15) is 5.75 Å². The van der Waals surface area contributed by atoms with Crippen LogP contribution in [0.4, 0.5) is 0 Å². The third-order valence-corrected chi connectivity index (χ3v) is 3.95. The maximum Gasteiger partial charge on any atom is 0.193 e. The van der Waals surface area contributed by atoms with Crippen molar-refractivity contribution in [2.45, 2.75) is 46.0 Å². The minimum Gasteiger partial charge on any atom is -0.494 e. The van der Waals surface area contributed by atoms with Crippen molar-refractivity contribution in [2.24, 2.45) is 0 Å². The lowest BCUT2D eigenvalue weighted by Crippen LogP contribution is -2.02. The highest BCUT2D eigenvalue weighted by molar-refractivity contribution is 6.09. The number of benzene rings is 2. The molecule has 0 spiro atoms. The highest BCUT2D eigenvalue weighted by Crippen LogP contribution is 2.16. The fourth-order valence-corrected chi connectivity index (χ4v) is 2.47. The molecule has 23 heavy (non-hydrogen) atoms. The first-order valence-corrected chi connectivity index (χ1v) is 8.55. The van der Waals surface area contributed by atoms with E-state index in [0.717, 1.165) is 29.9 Å². The largest absolute Gasteiger partial charge is 0.494 e. The van der Waals surface area contributed by atoms with E-state index in [0.29, 0.717) is 5.56 Å². The first-order valence-electron chi connectivity index (χ1n) is 8.55. The number of rotatable bonds is 9. The Morgan fingerprint density at radius 3 is 2.00 bits per heavy atom. The van der Waals surface area contributed by atoms with Crippen molar-refractivity contribution in [3.8, 4) is 5.75 Å². The number of unbranched alkanes of at least 4 members (excludes halogenated alkanes) is 4. The van der Waals surface area contributed by atoms with Gasteiger partial charge in [-0.1, -0.05) is 62.4 Å². The minimum atomic E-state index is 0.0520. The van der Waals surface area contributed by atoms with Gasteiger partial charge in [0, 0.05) is 11.1 Å². The Labute approximate surface area is 139 Å². The van der Waals surface area contributed by atoms with Crippen molar-refractivity contribution in [1.82, 2.24) is 0 Å². The van der Waals surface area contributed by atoms with E-state index in [-0.39, 0.29) is 5.78 Å². The molecule has 2 aromatic carbocycles. The fourth-order valence-electron chi connectivity index (χ4n) is 2.47. The smallest absolute Gasteiger partial charge is 0.193 e. The Kier molecular flexibility index (Phi) is 6.86. The first kappa shape index (κ1) is 17.3. The second-order valence-electron chi connectivity index (χ2n) is 5.98. The number of carbonyl (C=O) groups excluding carboxylic acids is 1. The van der Waals surface area contributed by atoms with Gasteiger partial charge in [-0.15, -0.1) is 0 Å². The van der Waals surface area contributed by atoms with Crippen molar-refractivity contribution in [3.63, 3.8) is 0 Å². The molecule has 0 unspecified atom stereocenters. The standard InChI is InChI=1S/C21H26O2/c1-3-4-5-6-7-16-23-20-14-12-19(13-15-20)21(22)18-10-8-17(2)9-11-18/h8-15H,3-7,16H2,1-2H3. The first-order chi connectivity index (χ1) is 11.2. The van der Waals surface area contributed by atoms with Crippen LogP contribution in [0, 0.1) is 6.92 Å². The van der Waals surface area contributed by atoms with E-state index < -0.39 is 0 Å². The molecule has 0 radical (unpaired) electrons. The number of hydrogen-bond acceptors (Lipinski definition) is 2. The lowest BCUT2D eigenvalue weighted by Gasteiger charge is -2.07. The molecule has 0 aromatic heterocycles. The number of carbonyl (C=O) groups is 1. The van der Waals surface area contributed by atoms with Gasteiger partial charge in [-0.05, 0) is 37.6 Å². The van der Waals surface area contributed by atoms with Gasteiger partial charge in [-0.2, -0.15) is 0 Å². The highest BCUT2D eigenvalue weighted by atomic mass is 16.5. The molecule has 0 aliphatic rings. The lowest BCUT2D eigenvalue weighted by atomic mass is 10.0. The topological polar surface area (TPSA) is 26.3 Å². The van der Waals surface area contributed by atoms with Crippen LogP contribution in [0.5, 0.6) is 5.75 Å². The van der Waals surface area contributed by atoms with Gasteiger partial charge in [0.15, 0.2) is 5.78 Å². The summed E-state index contributed by atoms with van der Waals surface area (Å²) in [5, 5.41) is 0. The molecule has 2 aromatic rings. The van der Waals surface area contributed by atoms with Crippen molar-refractivity contribution < 1.29 is 9.53 Å². The maximum atomic E-state index is 12.4. The molecule has 0 amide bonds. The summed E-state index contributed by atoms with van der Waals surface area (Å²) < 4.78 is 5.73. The van der Waals surface area contributed by atoms with Crippen LogP contribution in [0.1, 0.15) is 60.5 Å². The van der Waals surface area contributed by atoms with E-state index in [2.05, 4.69) is 6.92 Å². The molecule has 0 fully saturated rings. The zero-order valence-corrected chi connectivity index (χ0v) is 14.2. The number of aryl methyl sites for hydroxylation is 1. The summed E-state index contributed by atoms with van der Waals surface area (Å²) in [4.78, 5) is 12.4. The molecule has 0 heterocycles. The van der Waals surface area contributed by atoms with Crippen LogP contribution in [0.2, 0.25) is 0 Å². The van der Waals surface area contributed by atoms with E-state index in [1.165, 1.54) is 25.7 Å². The number of hydrogen-bond donors (Lipinski definition) is 0. The number of ether oxygens (including phenoxy) is 1. The SMILES string of the molecule is CCCCCCCOc1ccc(C(=O)c2ccc(C)cc2)cc1. The third-order valence-electron chi connectivity index (χ3n) is 3.95. The Hall–Kier alpha value is -2.09. The molecule has 0 saturated heterocycles. The number of ketones is 1. The summed E-state index contributed by atoms with van der Waals surface area (Å²) in [6, 6.07) is 15.1. The molecule has 0 bridgehead atoms. The Morgan fingerprint density at radius 1 is 0.826 bits per heavy atom. The van der Waals surface area contributed by atoms with Gasteiger partial charge < -0.3 is 4.74 Å². The van der Waals surface area contributed by atoms with Gasteiger partial charge >= 0.3 is 0 Å². The molecule has 2 rings (SSSR count). The third kappa shape index (κ3) is 5.55. The van der Waals surface area contributed by atoms with Crippen LogP contribution >= 0.6 is 0 Å². The zero-order chi connectivity index (χ0) is 16.5. The monoisotopic (exact) mass is 310 g/mol. The van der Waals surface area contributed by atoms with Gasteiger partial charge in [0.25, 0.3) is 0 Å². The lowest BCUT2D eigenvalue weighted by molar-refractivity contribution is 0.103. The summed E-state index contributed by atoms with van der Waals surface area (Å²) in [6.07, 6.45) is 6.15. The Morgan fingerprint density at radius 2 is 1.39 bits per heavy atom. The second-order valence-corrected chi connectivity index (χ2v) is 5.98. The second kappa shape index (κ2) is 9.14. The summed E-state index contributed by atoms with van der Waals surface area (Å²) in [6.45, 7) is 4.98. The van der Waals surface area contributed by atoms with E-state index in [9.17, 15) is 4.79 Å². The molecule has 2 heteroatoms. The van der Waals surface area contributed by atoms with Crippen LogP contribution in [0.3, 0.4) is 0 Å². The Bertz CT molecular complexity index is 597. The van der Waals surface area contributed by atoms with Gasteiger partial charge in [0.05, 0.1) is 6.61 Å². The van der Waals surface area contributed by atoms with Gasteiger partial charge in [0.2, 0.25) is 0 Å². The zero-order valence-electron chi connectivity index (χ0n) is 14.2. The molecule has 0 aliphatic carbocycles.